The van der Waals surface area contributed by atoms with E-state index in [2.05, 4.69) is 0 Å². The second-order valence-electron chi connectivity index (χ2n) is 3.88. The van der Waals surface area contributed by atoms with Crippen LogP contribution in [0.3, 0.4) is 0 Å². The fourth-order valence-corrected chi connectivity index (χ4v) is 1.96. The van der Waals surface area contributed by atoms with Crippen LogP contribution in [0.25, 0.3) is 11.1 Å². The van der Waals surface area contributed by atoms with E-state index in [1.807, 2.05) is 0 Å². The molecular weight excluding hydrogens is 271 g/mol. The number of hydrogen-bond donors (Lipinski definition) is 1. The number of aromatic carboxylic acids is 1. The normalized spacial score (nSPS) is 10.3. The topological polar surface area (TPSA) is 46.5 Å². The van der Waals surface area contributed by atoms with Gasteiger partial charge in [-0.2, -0.15) is 0 Å². The van der Waals surface area contributed by atoms with Gasteiger partial charge < -0.3 is 9.84 Å². The summed E-state index contributed by atoms with van der Waals surface area (Å²) in [5, 5.41) is 9.25. The van der Waals surface area contributed by atoms with Crippen molar-refractivity contribution in [2.24, 2.45) is 0 Å². The molecule has 0 saturated carbocycles. The van der Waals surface area contributed by atoms with Crippen molar-refractivity contribution in [3.63, 3.8) is 0 Å². The first-order chi connectivity index (χ1) is 9.01. The lowest BCUT2D eigenvalue weighted by Crippen LogP contribution is -1.96. The van der Waals surface area contributed by atoms with Gasteiger partial charge in [0.25, 0.3) is 0 Å². The molecule has 0 saturated heterocycles. The SMILES string of the molecule is COc1ccc(-c2cc(Cl)cc(C(=O)O)c2)cc1F. The molecule has 0 atom stereocenters. The molecule has 19 heavy (non-hydrogen) atoms. The molecule has 0 spiro atoms. The summed E-state index contributed by atoms with van der Waals surface area (Å²) < 4.78 is 18.4. The highest BCUT2D eigenvalue weighted by Gasteiger charge is 2.10. The minimum absolute atomic E-state index is 0.0544. The molecule has 2 aromatic rings. The van der Waals surface area contributed by atoms with Gasteiger partial charge in [-0.1, -0.05) is 17.7 Å². The van der Waals surface area contributed by atoms with Crippen molar-refractivity contribution in [3.05, 3.63) is 52.8 Å². The molecule has 5 heteroatoms. The molecule has 1 N–H and O–H groups in total. The molecule has 0 heterocycles. The second-order valence-corrected chi connectivity index (χ2v) is 4.32. The largest absolute Gasteiger partial charge is 0.494 e. The number of hydrogen-bond acceptors (Lipinski definition) is 2. The third-order valence-corrected chi connectivity index (χ3v) is 2.85. The molecular formula is C14H10ClFO3. The van der Waals surface area contributed by atoms with Gasteiger partial charge in [-0.3, -0.25) is 0 Å². The Morgan fingerprint density at radius 3 is 2.53 bits per heavy atom. The Bertz CT molecular complexity index is 641. The highest BCUT2D eigenvalue weighted by Crippen LogP contribution is 2.28. The van der Waals surface area contributed by atoms with Crippen molar-refractivity contribution in [2.45, 2.75) is 0 Å². The standard InChI is InChI=1S/C14H10ClFO3/c1-19-13-3-2-8(7-12(13)16)9-4-10(14(17)18)6-11(15)5-9/h2-7H,1H3,(H,17,18). The fraction of sp³-hybridized carbons (Fsp3) is 0.0714. The molecule has 0 aromatic heterocycles. The molecule has 0 aliphatic heterocycles. The van der Waals surface area contributed by atoms with E-state index in [0.717, 1.165) is 0 Å². The average molecular weight is 281 g/mol. The van der Waals surface area contributed by atoms with Crippen molar-refractivity contribution in [2.75, 3.05) is 7.11 Å². The van der Waals surface area contributed by atoms with Crippen LogP contribution in [0.5, 0.6) is 5.75 Å². The third kappa shape index (κ3) is 2.85. The lowest BCUT2D eigenvalue weighted by molar-refractivity contribution is 0.0697. The predicted molar refractivity (Wildman–Crippen MR) is 70.4 cm³/mol. The van der Waals surface area contributed by atoms with Crippen LogP contribution >= 0.6 is 11.6 Å². The van der Waals surface area contributed by atoms with Gasteiger partial charge in [0.15, 0.2) is 11.6 Å². The molecule has 0 amide bonds. The van der Waals surface area contributed by atoms with Crippen molar-refractivity contribution in [1.82, 2.24) is 0 Å². The minimum Gasteiger partial charge on any atom is -0.494 e. The van der Waals surface area contributed by atoms with Crippen LogP contribution in [0.1, 0.15) is 10.4 Å². The summed E-state index contributed by atoms with van der Waals surface area (Å²) in [6.45, 7) is 0. The van der Waals surface area contributed by atoms with E-state index >= 15 is 0 Å². The number of ether oxygens (including phenoxy) is 1. The molecule has 0 fully saturated rings. The Kier molecular flexibility index (Phi) is 3.71. The van der Waals surface area contributed by atoms with Crippen LogP contribution in [0.4, 0.5) is 4.39 Å². The maximum Gasteiger partial charge on any atom is 0.335 e. The predicted octanol–water partition coefficient (Wildman–Crippen LogP) is 3.85. The Morgan fingerprint density at radius 2 is 1.95 bits per heavy atom. The maximum absolute atomic E-state index is 13.6. The van der Waals surface area contributed by atoms with Gasteiger partial charge in [0.1, 0.15) is 0 Å². The Hall–Kier alpha value is -2.07. The lowest BCUT2D eigenvalue weighted by atomic mass is 10.0. The first kappa shape index (κ1) is 13.4. The summed E-state index contributed by atoms with van der Waals surface area (Å²) in [6, 6.07) is 8.75. The number of benzene rings is 2. The van der Waals surface area contributed by atoms with Crippen LogP contribution in [-0.2, 0) is 0 Å². The molecule has 98 valence electrons. The number of rotatable bonds is 3. The average Bonchev–Trinajstić information content (AvgIpc) is 2.37. The lowest BCUT2D eigenvalue weighted by Gasteiger charge is -2.07. The highest BCUT2D eigenvalue weighted by molar-refractivity contribution is 6.31. The van der Waals surface area contributed by atoms with E-state index in [1.54, 1.807) is 12.1 Å². The Labute approximate surface area is 114 Å². The van der Waals surface area contributed by atoms with Gasteiger partial charge in [0, 0.05) is 5.02 Å². The van der Waals surface area contributed by atoms with Gasteiger partial charge in [-0.25, -0.2) is 9.18 Å². The van der Waals surface area contributed by atoms with Crippen LogP contribution in [0.15, 0.2) is 36.4 Å². The summed E-state index contributed by atoms with van der Waals surface area (Å²) in [5.41, 5.74) is 1.12. The van der Waals surface area contributed by atoms with Crippen LogP contribution in [0, 0.1) is 5.82 Å². The van der Waals surface area contributed by atoms with Gasteiger partial charge in [0.2, 0.25) is 0 Å². The molecule has 0 bridgehead atoms. The zero-order valence-electron chi connectivity index (χ0n) is 9.98. The van der Waals surface area contributed by atoms with E-state index in [-0.39, 0.29) is 16.3 Å². The molecule has 2 rings (SSSR count). The van der Waals surface area contributed by atoms with Gasteiger partial charge >= 0.3 is 5.97 Å². The summed E-state index contributed by atoms with van der Waals surface area (Å²) in [5.74, 6) is -1.47. The molecule has 0 aliphatic rings. The number of methoxy groups -OCH3 is 1. The van der Waals surface area contributed by atoms with Crippen molar-refractivity contribution in [3.8, 4) is 16.9 Å². The van der Waals surface area contributed by atoms with E-state index < -0.39 is 11.8 Å². The van der Waals surface area contributed by atoms with E-state index in [1.165, 1.54) is 31.4 Å². The summed E-state index contributed by atoms with van der Waals surface area (Å²) >= 11 is 5.86. The van der Waals surface area contributed by atoms with Crippen LogP contribution in [0.2, 0.25) is 5.02 Å². The Balaban J connectivity index is 2.52. The molecule has 0 aliphatic carbocycles. The summed E-state index contributed by atoms with van der Waals surface area (Å²) in [7, 11) is 1.38. The zero-order chi connectivity index (χ0) is 14.0. The van der Waals surface area contributed by atoms with Gasteiger partial charge in [-0.15, -0.1) is 0 Å². The van der Waals surface area contributed by atoms with Crippen molar-refractivity contribution in [1.29, 1.82) is 0 Å². The van der Waals surface area contributed by atoms with E-state index in [0.29, 0.717) is 11.1 Å². The minimum atomic E-state index is -1.09. The number of carboxylic acids is 1. The zero-order valence-corrected chi connectivity index (χ0v) is 10.7. The summed E-state index contributed by atoms with van der Waals surface area (Å²) in [4.78, 5) is 11.0. The van der Waals surface area contributed by atoms with E-state index in [4.69, 9.17) is 21.4 Å². The van der Waals surface area contributed by atoms with Crippen molar-refractivity contribution >= 4 is 17.6 Å². The maximum atomic E-state index is 13.6. The molecule has 3 nitrogen and oxygen atoms in total. The molecule has 0 radical (unpaired) electrons. The number of carbonyl (C=O) groups is 1. The highest BCUT2D eigenvalue weighted by atomic mass is 35.5. The number of carboxylic acid groups (broad SMARTS) is 1. The molecule has 2 aromatic carbocycles. The van der Waals surface area contributed by atoms with Gasteiger partial charge in [-0.05, 0) is 41.5 Å². The summed E-state index contributed by atoms with van der Waals surface area (Å²) in [6.07, 6.45) is 0. The second kappa shape index (κ2) is 5.28. The quantitative estimate of drug-likeness (QED) is 0.929. The fourth-order valence-electron chi connectivity index (χ4n) is 1.73. The monoisotopic (exact) mass is 280 g/mol. The van der Waals surface area contributed by atoms with Crippen LogP contribution < -0.4 is 4.74 Å². The van der Waals surface area contributed by atoms with Crippen molar-refractivity contribution < 1.29 is 19.0 Å². The first-order valence-electron chi connectivity index (χ1n) is 5.39. The van der Waals surface area contributed by atoms with Gasteiger partial charge in [0.05, 0.1) is 12.7 Å². The first-order valence-corrected chi connectivity index (χ1v) is 5.77. The van der Waals surface area contributed by atoms with Crippen LogP contribution in [-0.4, -0.2) is 18.2 Å². The Morgan fingerprint density at radius 1 is 1.21 bits per heavy atom. The molecule has 0 unspecified atom stereocenters. The van der Waals surface area contributed by atoms with E-state index in [9.17, 15) is 9.18 Å². The smallest absolute Gasteiger partial charge is 0.335 e. The number of halogens is 2. The third-order valence-electron chi connectivity index (χ3n) is 2.63.